The molecule has 23 heavy (non-hydrogen) atoms. The summed E-state index contributed by atoms with van der Waals surface area (Å²) in [5.41, 5.74) is 0.695. The summed E-state index contributed by atoms with van der Waals surface area (Å²) in [5, 5.41) is 18.3. The average molecular weight is 323 g/mol. The third-order valence-corrected chi connectivity index (χ3v) is 3.89. The molecule has 1 heterocycles. The highest BCUT2D eigenvalue weighted by atomic mass is 16.5. The summed E-state index contributed by atoms with van der Waals surface area (Å²) in [7, 11) is 3.29. The lowest BCUT2D eigenvalue weighted by molar-refractivity contribution is -0.903. The molecule has 0 spiro atoms. The molecule has 1 aromatic rings. The SMILES string of the molecule is COC(=O)Nc1ccc(NC(=O)C[N+]2(C)CCNCC2)cc1O. The minimum Gasteiger partial charge on any atom is -0.506 e. The van der Waals surface area contributed by atoms with Crippen molar-refractivity contribution in [3.63, 3.8) is 0 Å². The second-order valence-electron chi connectivity index (χ2n) is 5.87. The first-order valence-corrected chi connectivity index (χ1v) is 7.44. The number of hydrogen-bond acceptors (Lipinski definition) is 5. The summed E-state index contributed by atoms with van der Waals surface area (Å²) in [6.07, 6.45) is -0.673. The van der Waals surface area contributed by atoms with Crippen LogP contribution in [-0.2, 0) is 9.53 Å². The van der Waals surface area contributed by atoms with Crippen LogP contribution < -0.4 is 16.0 Å². The number of phenolic OH excluding ortho intramolecular Hbond substituents is 1. The second kappa shape index (κ2) is 7.30. The minimum atomic E-state index is -0.673. The maximum Gasteiger partial charge on any atom is 0.411 e. The smallest absolute Gasteiger partial charge is 0.411 e. The third-order valence-electron chi connectivity index (χ3n) is 3.89. The Morgan fingerprint density at radius 1 is 1.30 bits per heavy atom. The number of methoxy groups -OCH3 is 1. The summed E-state index contributed by atoms with van der Waals surface area (Å²) < 4.78 is 5.15. The normalized spacial score (nSPS) is 16.4. The van der Waals surface area contributed by atoms with Gasteiger partial charge in [0.1, 0.15) is 5.75 Å². The number of quaternary nitrogens is 1. The van der Waals surface area contributed by atoms with Crippen LogP contribution in [0.1, 0.15) is 0 Å². The Bertz CT molecular complexity index is 585. The zero-order valence-corrected chi connectivity index (χ0v) is 13.4. The molecular weight excluding hydrogens is 300 g/mol. The Balaban J connectivity index is 1.95. The number of rotatable bonds is 4. The fraction of sp³-hybridized carbons (Fsp3) is 0.467. The quantitative estimate of drug-likeness (QED) is 0.479. The van der Waals surface area contributed by atoms with Crippen LogP contribution in [0.5, 0.6) is 5.75 Å². The molecule has 0 atom stereocenters. The van der Waals surface area contributed by atoms with Crippen molar-refractivity contribution in [1.82, 2.24) is 5.32 Å². The average Bonchev–Trinajstić information content (AvgIpc) is 2.50. The highest BCUT2D eigenvalue weighted by Gasteiger charge is 2.27. The van der Waals surface area contributed by atoms with Gasteiger partial charge >= 0.3 is 6.09 Å². The van der Waals surface area contributed by atoms with Gasteiger partial charge in [-0.2, -0.15) is 0 Å². The van der Waals surface area contributed by atoms with E-state index in [0.717, 1.165) is 26.2 Å². The van der Waals surface area contributed by atoms with Gasteiger partial charge in [0.15, 0.2) is 6.54 Å². The molecule has 0 bridgehead atoms. The van der Waals surface area contributed by atoms with E-state index in [2.05, 4.69) is 27.7 Å². The van der Waals surface area contributed by atoms with Crippen molar-refractivity contribution in [3.05, 3.63) is 18.2 Å². The van der Waals surface area contributed by atoms with Crippen molar-refractivity contribution in [2.45, 2.75) is 0 Å². The number of benzene rings is 1. The molecule has 126 valence electrons. The molecule has 1 saturated heterocycles. The number of likely N-dealkylation sites (N-methyl/N-ethyl adjacent to an activating group) is 1. The number of anilines is 2. The lowest BCUT2D eigenvalue weighted by Gasteiger charge is -2.37. The van der Waals surface area contributed by atoms with Crippen molar-refractivity contribution in [3.8, 4) is 5.75 Å². The molecular formula is C15H23N4O4+. The molecule has 1 fully saturated rings. The third kappa shape index (κ3) is 4.83. The minimum absolute atomic E-state index is 0.109. The number of nitrogens with one attached hydrogen (secondary N) is 3. The summed E-state index contributed by atoms with van der Waals surface area (Å²) >= 11 is 0. The molecule has 0 aromatic heterocycles. The number of aromatic hydroxyl groups is 1. The van der Waals surface area contributed by atoms with Gasteiger partial charge in [-0.25, -0.2) is 4.79 Å². The number of ether oxygens (including phenoxy) is 1. The van der Waals surface area contributed by atoms with Crippen LogP contribution in [0.3, 0.4) is 0 Å². The maximum atomic E-state index is 12.2. The highest BCUT2D eigenvalue weighted by molar-refractivity contribution is 5.93. The molecule has 8 heteroatoms. The summed E-state index contributed by atoms with van der Waals surface area (Å²) in [6.45, 7) is 3.99. The van der Waals surface area contributed by atoms with E-state index < -0.39 is 6.09 Å². The Kier molecular flexibility index (Phi) is 5.41. The molecule has 2 rings (SSSR count). The Morgan fingerprint density at radius 3 is 2.61 bits per heavy atom. The number of carbonyl (C=O) groups is 2. The van der Waals surface area contributed by atoms with Crippen LogP contribution in [-0.4, -0.2) is 68.5 Å². The van der Waals surface area contributed by atoms with Gasteiger partial charge in [0, 0.05) is 24.8 Å². The van der Waals surface area contributed by atoms with Gasteiger partial charge in [-0.1, -0.05) is 0 Å². The van der Waals surface area contributed by atoms with E-state index in [4.69, 9.17) is 0 Å². The van der Waals surface area contributed by atoms with Crippen LogP contribution >= 0.6 is 0 Å². The van der Waals surface area contributed by atoms with E-state index in [1.165, 1.54) is 19.2 Å². The molecule has 0 saturated carbocycles. The molecule has 4 N–H and O–H groups in total. The first-order valence-electron chi connectivity index (χ1n) is 7.44. The van der Waals surface area contributed by atoms with Crippen LogP contribution in [0.4, 0.5) is 16.2 Å². The molecule has 0 radical (unpaired) electrons. The van der Waals surface area contributed by atoms with Crippen molar-refractivity contribution in [1.29, 1.82) is 0 Å². The number of hydrogen-bond donors (Lipinski definition) is 4. The van der Waals surface area contributed by atoms with Crippen LogP contribution in [0.15, 0.2) is 18.2 Å². The first-order chi connectivity index (χ1) is 10.9. The lowest BCUT2D eigenvalue weighted by Crippen LogP contribution is -2.58. The molecule has 2 amide bonds. The number of phenols is 1. The van der Waals surface area contributed by atoms with Crippen LogP contribution in [0, 0.1) is 0 Å². The van der Waals surface area contributed by atoms with Crippen LogP contribution in [0.2, 0.25) is 0 Å². The van der Waals surface area contributed by atoms with E-state index >= 15 is 0 Å². The van der Waals surface area contributed by atoms with Gasteiger partial charge in [-0.15, -0.1) is 0 Å². The van der Waals surface area contributed by atoms with Gasteiger partial charge in [-0.3, -0.25) is 10.1 Å². The van der Waals surface area contributed by atoms with Crippen molar-refractivity contribution in [2.24, 2.45) is 0 Å². The fourth-order valence-corrected chi connectivity index (χ4v) is 2.52. The number of piperazine rings is 1. The summed E-state index contributed by atoms with van der Waals surface area (Å²) in [4.78, 5) is 23.3. The fourth-order valence-electron chi connectivity index (χ4n) is 2.52. The molecule has 1 aliphatic heterocycles. The monoisotopic (exact) mass is 323 g/mol. The Hall–Kier alpha value is -2.32. The molecule has 8 nitrogen and oxygen atoms in total. The van der Waals surface area contributed by atoms with E-state index in [1.54, 1.807) is 6.07 Å². The van der Waals surface area contributed by atoms with E-state index in [-0.39, 0.29) is 17.3 Å². The predicted octanol–water partition coefficient (Wildman–Crippen LogP) is 0.559. The van der Waals surface area contributed by atoms with Gasteiger partial charge in [-0.05, 0) is 12.1 Å². The standard InChI is InChI=1S/C15H22N4O4/c1-19(7-5-16-6-8-19)10-14(21)17-11-3-4-12(13(20)9-11)18-15(22)23-2/h3-4,9,16H,5-8,10H2,1-2H3,(H2-,17,18,20,21,22)/p+1. The van der Waals surface area contributed by atoms with E-state index in [9.17, 15) is 14.7 Å². The zero-order chi connectivity index (χ0) is 16.9. The second-order valence-corrected chi connectivity index (χ2v) is 5.87. The van der Waals surface area contributed by atoms with Crippen LogP contribution in [0.25, 0.3) is 0 Å². The predicted molar refractivity (Wildman–Crippen MR) is 86.4 cm³/mol. The van der Waals surface area contributed by atoms with Gasteiger partial charge in [0.05, 0.1) is 32.9 Å². The lowest BCUT2D eigenvalue weighted by atomic mass is 10.2. The van der Waals surface area contributed by atoms with Crippen molar-refractivity contribution in [2.75, 3.05) is 57.5 Å². The van der Waals surface area contributed by atoms with Gasteiger partial charge in [0.2, 0.25) is 0 Å². The van der Waals surface area contributed by atoms with E-state index in [1.807, 2.05) is 0 Å². The van der Waals surface area contributed by atoms with Crippen molar-refractivity contribution < 1.29 is 23.9 Å². The van der Waals surface area contributed by atoms with Gasteiger partial charge in [0.25, 0.3) is 5.91 Å². The van der Waals surface area contributed by atoms with Crippen molar-refractivity contribution >= 4 is 23.4 Å². The molecule has 0 unspecified atom stereocenters. The largest absolute Gasteiger partial charge is 0.506 e. The Morgan fingerprint density at radius 2 is 2.00 bits per heavy atom. The Labute approximate surface area is 135 Å². The summed E-state index contributed by atoms with van der Waals surface area (Å²) in [6, 6.07) is 4.50. The van der Waals surface area contributed by atoms with Gasteiger partial charge < -0.3 is 25.0 Å². The molecule has 1 aromatic carbocycles. The number of nitrogens with zero attached hydrogens (tertiary/aromatic N) is 1. The maximum absolute atomic E-state index is 12.2. The summed E-state index contributed by atoms with van der Waals surface area (Å²) in [5.74, 6) is -0.252. The number of carbonyl (C=O) groups excluding carboxylic acids is 2. The number of amides is 2. The first kappa shape index (κ1) is 17.0. The zero-order valence-electron chi connectivity index (χ0n) is 13.4. The molecule has 1 aliphatic rings. The van der Waals surface area contributed by atoms with E-state index in [0.29, 0.717) is 16.7 Å². The topological polar surface area (TPSA) is 99.7 Å². The highest BCUT2D eigenvalue weighted by Crippen LogP contribution is 2.27. The molecule has 0 aliphatic carbocycles.